The van der Waals surface area contributed by atoms with Crippen molar-refractivity contribution in [3.63, 3.8) is 0 Å². The second-order valence-corrected chi connectivity index (χ2v) is 9.73. The Morgan fingerprint density at radius 2 is 1.34 bits per heavy atom. The number of fused-ring (bicyclic) bond motifs is 1. The van der Waals surface area contributed by atoms with Gasteiger partial charge in [-0.25, -0.2) is 0 Å². The normalized spacial score (nSPS) is 12.2. The lowest BCUT2D eigenvalue weighted by atomic mass is 9.97. The molecule has 29 heavy (non-hydrogen) atoms. The van der Waals surface area contributed by atoms with Crippen molar-refractivity contribution in [1.29, 1.82) is 0 Å². The Morgan fingerprint density at radius 3 is 1.86 bits per heavy atom. The van der Waals surface area contributed by atoms with Gasteiger partial charge in [0.05, 0.1) is 17.4 Å². The SMILES string of the molecule is CC(C)COc1cc(OC(=O)C(C)(C)C)c2ccccc2c1OC(=O)C(C)(C)C. The summed E-state index contributed by atoms with van der Waals surface area (Å²) in [6, 6.07) is 9.00. The predicted molar refractivity (Wildman–Crippen MR) is 114 cm³/mol. The third-order valence-electron chi connectivity index (χ3n) is 4.12. The Kier molecular flexibility index (Phi) is 6.61. The highest BCUT2D eigenvalue weighted by Gasteiger charge is 2.29. The molecule has 0 aliphatic rings. The Bertz CT molecular complexity index is 898. The molecular formula is C24H32O5. The van der Waals surface area contributed by atoms with Crippen molar-refractivity contribution in [2.24, 2.45) is 16.7 Å². The summed E-state index contributed by atoms with van der Waals surface area (Å²) in [6.07, 6.45) is 0. The van der Waals surface area contributed by atoms with Crippen molar-refractivity contribution in [2.75, 3.05) is 6.61 Å². The van der Waals surface area contributed by atoms with Crippen LogP contribution in [0.4, 0.5) is 0 Å². The average molecular weight is 401 g/mol. The lowest BCUT2D eigenvalue weighted by Crippen LogP contribution is -2.26. The summed E-state index contributed by atoms with van der Waals surface area (Å²) >= 11 is 0. The second-order valence-electron chi connectivity index (χ2n) is 9.73. The molecule has 0 bridgehead atoms. The number of benzene rings is 2. The van der Waals surface area contributed by atoms with Gasteiger partial charge in [0.2, 0.25) is 0 Å². The van der Waals surface area contributed by atoms with Crippen molar-refractivity contribution in [2.45, 2.75) is 55.4 Å². The van der Waals surface area contributed by atoms with Gasteiger partial charge in [-0.05, 0) is 47.5 Å². The lowest BCUT2D eigenvalue weighted by molar-refractivity contribution is -0.143. The minimum absolute atomic E-state index is 0.271. The highest BCUT2D eigenvalue weighted by atomic mass is 16.6. The van der Waals surface area contributed by atoms with Crippen LogP contribution >= 0.6 is 0 Å². The van der Waals surface area contributed by atoms with Gasteiger partial charge in [-0.1, -0.05) is 38.1 Å². The predicted octanol–water partition coefficient (Wildman–Crippen LogP) is 5.78. The molecule has 2 aromatic carbocycles. The van der Waals surface area contributed by atoms with Crippen LogP contribution in [-0.2, 0) is 9.59 Å². The third-order valence-corrected chi connectivity index (χ3v) is 4.12. The topological polar surface area (TPSA) is 61.8 Å². The molecule has 0 aliphatic carbocycles. The van der Waals surface area contributed by atoms with Crippen molar-refractivity contribution < 1.29 is 23.8 Å². The van der Waals surface area contributed by atoms with E-state index in [1.807, 2.05) is 38.1 Å². The van der Waals surface area contributed by atoms with Crippen molar-refractivity contribution in [1.82, 2.24) is 0 Å². The van der Waals surface area contributed by atoms with Gasteiger partial charge in [0.1, 0.15) is 5.75 Å². The molecule has 0 saturated carbocycles. The van der Waals surface area contributed by atoms with E-state index in [9.17, 15) is 9.59 Å². The van der Waals surface area contributed by atoms with Gasteiger partial charge in [-0.15, -0.1) is 0 Å². The van der Waals surface area contributed by atoms with Crippen LogP contribution in [-0.4, -0.2) is 18.5 Å². The molecule has 158 valence electrons. The van der Waals surface area contributed by atoms with Crippen LogP contribution in [0, 0.1) is 16.7 Å². The first-order valence-electron chi connectivity index (χ1n) is 9.94. The first-order valence-corrected chi connectivity index (χ1v) is 9.94. The minimum atomic E-state index is -0.673. The van der Waals surface area contributed by atoms with E-state index in [-0.39, 0.29) is 17.9 Å². The van der Waals surface area contributed by atoms with Gasteiger partial charge in [0, 0.05) is 16.8 Å². The van der Waals surface area contributed by atoms with Crippen molar-refractivity contribution >= 4 is 22.7 Å². The van der Waals surface area contributed by atoms with Gasteiger partial charge in [-0.2, -0.15) is 0 Å². The standard InChI is InChI=1S/C24H32O5/c1-15(2)14-27-19-13-18(28-21(25)23(3,4)5)16-11-9-10-12-17(16)20(19)29-22(26)24(6,7)8/h9-13,15H,14H2,1-8H3. The number of carbonyl (C=O) groups is 2. The Balaban J connectivity index is 2.64. The van der Waals surface area contributed by atoms with Gasteiger partial charge >= 0.3 is 11.9 Å². The summed E-state index contributed by atoms with van der Waals surface area (Å²) in [7, 11) is 0. The molecule has 0 spiro atoms. The fraction of sp³-hybridized carbons (Fsp3) is 0.500. The van der Waals surface area contributed by atoms with Gasteiger partial charge in [0.25, 0.3) is 0 Å². The van der Waals surface area contributed by atoms with Crippen LogP contribution in [0.15, 0.2) is 30.3 Å². The first kappa shape index (κ1) is 22.7. The molecule has 5 nitrogen and oxygen atoms in total. The maximum absolute atomic E-state index is 12.6. The molecule has 2 aromatic rings. The molecule has 2 rings (SSSR count). The largest absolute Gasteiger partial charge is 0.489 e. The zero-order valence-corrected chi connectivity index (χ0v) is 18.7. The zero-order chi connectivity index (χ0) is 22.0. The molecule has 0 aromatic heterocycles. The van der Waals surface area contributed by atoms with Crippen LogP contribution in [0.25, 0.3) is 10.8 Å². The number of rotatable bonds is 5. The highest BCUT2D eigenvalue weighted by Crippen LogP contribution is 2.43. The van der Waals surface area contributed by atoms with E-state index in [2.05, 4.69) is 0 Å². The lowest BCUT2D eigenvalue weighted by Gasteiger charge is -2.22. The van der Waals surface area contributed by atoms with E-state index in [1.165, 1.54) is 0 Å². The molecule has 0 N–H and O–H groups in total. The van der Waals surface area contributed by atoms with Gasteiger partial charge < -0.3 is 14.2 Å². The van der Waals surface area contributed by atoms with Crippen LogP contribution in [0.3, 0.4) is 0 Å². The smallest absolute Gasteiger partial charge is 0.316 e. The Hall–Kier alpha value is -2.56. The highest BCUT2D eigenvalue weighted by molar-refractivity contribution is 5.98. The molecule has 0 radical (unpaired) electrons. The number of carbonyl (C=O) groups excluding carboxylic acids is 2. The summed E-state index contributed by atoms with van der Waals surface area (Å²) in [5, 5.41) is 1.33. The van der Waals surface area contributed by atoms with Crippen LogP contribution in [0.5, 0.6) is 17.2 Å². The fourth-order valence-electron chi connectivity index (χ4n) is 2.34. The van der Waals surface area contributed by atoms with Crippen molar-refractivity contribution in [3.8, 4) is 17.2 Å². The number of hydrogen-bond donors (Lipinski definition) is 0. The van der Waals surface area contributed by atoms with Gasteiger partial charge in [-0.3, -0.25) is 9.59 Å². The third kappa shape index (κ3) is 5.72. The molecule has 0 saturated heterocycles. The second kappa shape index (κ2) is 8.44. The van der Waals surface area contributed by atoms with Crippen LogP contribution < -0.4 is 14.2 Å². The number of ether oxygens (including phenoxy) is 3. The molecule has 0 fully saturated rings. The van der Waals surface area contributed by atoms with Gasteiger partial charge in [0.15, 0.2) is 11.5 Å². The zero-order valence-electron chi connectivity index (χ0n) is 18.7. The van der Waals surface area contributed by atoms with E-state index < -0.39 is 10.8 Å². The molecule has 0 aliphatic heterocycles. The van der Waals surface area contributed by atoms with Crippen LogP contribution in [0.1, 0.15) is 55.4 Å². The van der Waals surface area contributed by atoms with E-state index in [4.69, 9.17) is 14.2 Å². The van der Waals surface area contributed by atoms with Crippen LogP contribution in [0.2, 0.25) is 0 Å². The monoisotopic (exact) mass is 400 g/mol. The van der Waals surface area contributed by atoms with E-state index in [0.717, 1.165) is 0 Å². The molecule has 0 unspecified atom stereocenters. The molecule has 0 amide bonds. The molecule has 0 heterocycles. The molecular weight excluding hydrogens is 368 g/mol. The quantitative estimate of drug-likeness (QED) is 0.470. The summed E-state index contributed by atoms with van der Waals surface area (Å²) < 4.78 is 17.4. The fourth-order valence-corrected chi connectivity index (χ4v) is 2.34. The van der Waals surface area contributed by atoms with E-state index >= 15 is 0 Å². The summed E-state index contributed by atoms with van der Waals surface area (Å²) in [5.41, 5.74) is -1.33. The molecule has 0 atom stereocenters. The number of esters is 2. The average Bonchev–Trinajstić information content (AvgIpc) is 2.60. The number of hydrogen-bond acceptors (Lipinski definition) is 5. The van der Waals surface area contributed by atoms with Crippen molar-refractivity contribution in [3.05, 3.63) is 30.3 Å². The summed E-state index contributed by atoms with van der Waals surface area (Å²) in [4.78, 5) is 25.1. The maximum atomic E-state index is 12.6. The van der Waals surface area contributed by atoms with E-state index in [0.29, 0.717) is 34.6 Å². The Labute approximate surface area is 173 Å². The summed E-state index contributed by atoms with van der Waals surface area (Å²) in [5.74, 6) is 0.667. The minimum Gasteiger partial charge on any atom is -0.489 e. The van der Waals surface area contributed by atoms with E-state index in [1.54, 1.807) is 47.6 Å². The Morgan fingerprint density at radius 1 is 0.828 bits per heavy atom. The molecule has 5 heteroatoms. The summed E-state index contributed by atoms with van der Waals surface area (Å²) in [6.45, 7) is 15.3. The maximum Gasteiger partial charge on any atom is 0.316 e. The first-order chi connectivity index (χ1) is 13.3.